The molecule has 168 valence electrons. The number of hydrogen-bond acceptors (Lipinski definition) is 3. The number of thioether (sulfide) groups is 1. The third kappa shape index (κ3) is 7.47. The van der Waals surface area contributed by atoms with Crippen LogP contribution in [0.25, 0.3) is 0 Å². The van der Waals surface area contributed by atoms with Crippen molar-refractivity contribution in [2.75, 3.05) is 12.3 Å². The highest BCUT2D eigenvalue weighted by atomic mass is 35.5. The second kappa shape index (κ2) is 12.8. The molecule has 2 aromatic rings. The lowest BCUT2D eigenvalue weighted by molar-refractivity contribution is -0.139. The first kappa shape index (κ1) is 26.1. The monoisotopic (exact) mass is 520 g/mol. The number of likely N-dealkylation sites (N-methyl/N-ethyl adjacent to an activating group) is 1. The van der Waals surface area contributed by atoms with E-state index in [2.05, 4.69) is 5.32 Å². The molecule has 0 radical (unpaired) electrons. The fourth-order valence-electron chi connectivity index (χ4n) is 3.04. The Morgan fingerprint density at radius 2 is 1.71 bits per heavy atom. The molecule has 2 rings (SSSR count). The summed E-state index contributed by atoms with van der Waals surface area (Å²) in [5, 5.41) is 4.89. The average molecular weight is 522 g/mol. The molecule has 2 aromatic carbocycles. The Balaban J connectivity index is 2.19. The van der Waals surface area contributed by atoms with Crippen molar-refractivity contribution in [2.24, 2.45) is 0 Å². The molecule has 0 spiro atoms. The van der Waals surface area contributed by atoms with Crippen LogP contribution in [0.1, 0.15) is 31.4 Å². The molecule has 0 bridgehead atoms. The van der Waals surface area contributed by atoms with Gasteiger partial charge in [-0.25, -0.2) is 0 Å². The number of benzene rings is 2. The Labute approximate surface area is 207 Å². The van der Waals surface area contributed by atoms with E-state index in [-0.39, 0.29) is 24.1 Å². The van der Waals surface area contributed by atoms with Crippen LogP contribution in [-0.4, -0.2) is 35.1 Å². The topological polar surface area (TPSA) is 49.4 Å². The molecule has 0 aliphatic carbocycles. The molecule has 0 saturated carbocycles. The fourth-order valence-corrected chi connectivity index (χ4v) is 5.15. The molecule has 0 fully saturated rings. The van der Waals surface area contributed by atoms with Gasteiger partial charge < -0.3 is 10.2 Å². The van der Waals surface area contributed by atoms with Gasteiger partial charge in [0.2, 0.25) is 11.8 Å². The largest absolute Gasteiger partial charge is 0.355 e. The maximum atomic E-state index is 13.2. The maximum absolute atomic E-state index is 13.2. The van der Waals surface area contributed by atoms with Crippen molar-refractivity contribution in [2.45, 2.75) is 38.6 Å². The van der Waals surface area contributed by atoms with Crippen LogP contribution in [0.4, 0.5) is 0 Å². The van der Waals surface area contributed by atoms with E-state index in [0.29, 0.717) is 38.8 Å². The fraction of sp³-hybridized carbons (Fsp3) is 0.364. The minimum Gasteiger partial charge on any atom is -0.355 e. The maximum Gasteiger partial charge on any atom is 0.242 e. The molecule has 0 unspecified atom stereocenters. The van der Waals surface area contributed by atoms with E-state index in [4.69, 9.17) is 46.4 Å². The average Bonchev–Trinajstić information content (AvgIpc) is 2.71. The first-order valence-electron chi connectivity index (χ1n) is 9.80. The van der Waals surface area contributed by atoms with Crippen LogP contribution in [0, 0.1) is 0 Å². The number of nitrogens with one attached hydrogen (secondary N) is 1. The van der Waals surface area contributed by atoms with Crippen LogP contribution in [0.5, 0.6) is 0 Å². The SMILES string of the molecule is CCNC(=O)[C@@H](CC)N(Cc1ccc(Cl)cc1Cl)C(=O)CSCc1c(Cl)cccc1Cl. The van der Waals surface area contributed by atoms with E-state index in [1.165, 1.54) is 11.8 Å². The van der Waals surface area contributed by atoms with E-state index in [0.717, 1.165) is 11.1 Å². The lowest BCUT2D eigenvalue weighted by Crippen LogP contribution is -2.49. The van der Waals surface area contributed by atoms with Crippen LogP contribution in [0.15, 0.2) is 36.4 Å². The van der Waals surface area contributed by atoms with Gasteiger partial charge >= 0.3 is 0 Å². The third-order valence-corrected chi connectivity index (χ3v) is 6.87. The van der Waals surface area contributed by atoms with Crippen LogP contribution >= 0.6 is 58.2 Å². The number of nitrogens with zero attached hydrogens (tertiary/aromatic N) is 1. The molecule has 0 aliphatic heterocycles. The van der Waals surface area contributed by atoms with Gasteiger partial charge in [0.15, 0.2) is 0 Å². The minimum absolute atomic E-state index is 0.169. The first-order valence-corrected chi connectivity index (χ1v) is 12.5. The van der Waals surface area contributed by atoms with Crippen molar-refractivity contribution >= 4 is 70.0 Å². The zero-order valence-electron chi connectivity index (χ0n) is 17.3. The summed E-state index contributed by atoms with van der Waals surface area (Å²) in [6.45, 7) is 4.41. The van der Waals surface area contributed by atoms with Gasteiger partial charge in [0.1, 0.15) is 6.04 Å². The predicted octanol–water partition coefficient (Wildman–Crippen LogP) is 6.48. The molecule has 9 heteroatoms. The number of halogens is 4. The van der Waals surface area contributed by atoms with E-state index in [9.17, 15) is 9.59 Å². The second-order valence-electron chi connectivity index (χ2n) is 6.77. The lowest BCUT2D eigenvalue weighted by Gasteiger charge is -2.31. The van der Waals surface area contributed by atoms with Gasteiger partial charge in [-0.2, -0.15) is 0 Å². The van der Waals surface area contributed by atoms with Crippen molar-refractivity contribution in [3.05, 3.63) is 67.6 Å². The summed E-state index contributed by atoms with van der Waals surface area (Å²) in [7, 11) is 0. The summed E-state index contributed by atoms with van der Waals surface area (Å²) in [5.74, 6) is 0.292. The quantitative estimate of drug-likeness (QED) is 0.389. The van der Waals surface area contributed by atoms with Crippen molar-refractivity contribution in [3.8, 4) is 0 Å². The summed E-state index contributed by atoms with van der Waals surface area (Å²) < 4.78 is 0. The number of carbonyl (C=O) groups is 2. The number of amides is 2. The third-order valence-electron chi connectivity index (χ3n) is 4.63. The number of rotatable bonds is 10. The van der Waals surface area contributed by atoms with Crippen LogP contribution in [0.2, 0.25) is 20.1 Å². The Kier molecular flexibility index (Phi) is 10.8. The Morgan fingerprint density at radius 3 is 2.29 bits per heavy atom. The molecule has 0 saturated heterocycles. The van der Waals surface area contributed by atoms with Crippen LogP contribution < -0.4 is 5.32 Å². The van der Waals surface area contributed by atoms with Crippen molar-refractivity contribution in [1.82, 2.24) is 10.2 Å². The Morgan fingerprint density at radius 1 is 1.03 bits per heavy atom. The first-order chi connectivity index (χ1) is 14.8. The molecule has 4 nitrogen and oxygen atoms in total. The lowest BCUT2D eigenvalue weighted by atomic mass is 10.1. The standard InChI is InChI=1S/C22H24Cl4N2O2S/c1-3-20(22(30)27-4-2)28(11-14-8-9-15(23)10-19(14)26)21(29)13-31-12-16-17(24)6-5-7-18(16)25/h5-10,20H,3-4,11-13H2,1-2H3,(H,27,30)/t20-/m1/s1. The van der Waals surface area contributed by atoms with Gasteiger partial charge in [-0.15, -0.1) is 11.8 Å². The van der Waals surface area contributed by atoms with Crippen LogP contribution in [0.3, 0.4) is 0 Å². The van der Waals surface area contributed by atoms with E-state index < -0.39 is 6.04 Å². The second-order valence-corrected chi connectivity index (χ2v) is 9.41. The summed E-state index contributed by atoms with van der Waals surface area (Å²) in [6.07, 6.45) is 0.476. The summed E-state index contributed by atoms with van der Waals surface area (Å²) in [4.78, 5) is 27.4. The van der Waals surface area contributed by atoms with Gasteiger partial charge in [0, 0.05) is 38.9 Å². The van der Waals surface area contributed by atoms with Gasteiger partial charge in [0.25, 0.3) is 0 Å². The molecule has 31 heavy (non-hydrogen) atoms. The highest BCUT2D eigenvalue weighted by molar-refractivity contribution is 7.99. The normalized spacial score (nSPS) is 11.8. The smallest absolute Gasteiger partial charge is 0.242 e. The van der Waals surface area contributed by atoms with Gasteiger partial charge in [-0.1, -0.05) is 65.5 Å². The molecule has 0 aliphatic rings. The van der Waals surface area contributed by atoms with Gasteiger partial charge in [0.05, 0.1) is 5.75 Å². The van der Waals surface area contributed by atoms with Crippen LogP contribution in [-0.2, 0) is 21.9 Å². The molecular weight excluding hydrogens is 498 g/mol. The summed E-state index contributed by atoms with van der Waals surface area (Å²) in [6, 6.07) is 9.81. The molecule has 0 heterocycles. The molecule has 1 N–H and O–H groups in total. The minimum atomic E-state index is -0.608. The highest BCUT2D eigenvalue weighted by Gasteiger charge is 2.28. The predicted molar refractivity (Wildman–Crippen MR) is 132 cm³/mol. The molecule has 0 aromatic heterocycles. The molecule has 2 amide bonds. The zero-order valence-corrected chi connectivity index (χ0v) is 21.1. The van der Waals surface area contributed by atoms with Crippen molar-refractivity contribution in [1.29, 1.82) is 0 Å². The Bertz CT molecular complexity index is 906. The van der Waals surface area contributed by atoms with Gasteiger partial charge in [-0.05, 0) is 48.7 Å². The van der Waals surface area contributed by atoms with Gasteiger partial charge in [-0.3, -0.25) is 9.59 Å². The Hall–Kier alpha value is -1.11. The number of carbonyl (C=O) groups excluding carboxylic acids is 2. The van der Waals surface area contributed by atoms with Crippen molar-refractivity contribution in [3.63, 3.8) is 0 Å². The van der Waals surface area contributed by atoms with E-state index in [1.807, 2.05) is 13.8 Å². The zero-order chi connectivity index (χ0) is 23.0. The molecular formula is C22H24Cl4N2O2S. The number of hydrogen-bond donors (Lipinski definition) is 1. The van der Waals surface area contributed by atoms with E-state index in [1.54, 1.807) is 41.3 Å². The summed E-state index contributed by atoms with van der Waals surface area (Å²) >= 11 is 26.2. The summed E-state index contributed by atoms with van der Waals surface area (Å²) in [5.41, 5.74) is 1.51. The van der Waals surface area contributed by atoms with Crippen molar-refractivity contribution < 1.29 is 9.59 Å². The highest BCUT2D eigenvalue weighted by Crippen LogP contribution is 2.29. The molecule has 1 atom stereocenters. The van der Waals surface area contributed by atoms with E-state index >= 15 is 0 Å².